The molecule has 2 heterocycles. The van der Waals surface area contributed by atoms with Crippen LogP contribution in [0.1, 0.15) is 54.4 Å². The van der Waals surface area contributed by atoms with Gasteiger partial charge in [0.2, 0.25) is 0 Å². The summed E-state index contributed by atoms with van der Waals surface area (Å²) < 4.78 is 0. The number of carbonyl (C=O) groups is 2. The Morgan fingerprint density at radius 3 is 2.38 bits per heavy atom. The Bertz CT molecular complexity index is 802. The molecule has 3 rings (SSSR count). The first-order chi connectivity index (χ1) is 13.8. The van der Waals surface area contributed by atoms with E-state index in [0.717, 1.165) is 25.9 Å². The van der Waals surface area contributed by atoms with Crippen molar-refractivity contribution in [2.75, 3.05) is 19.6 Å². The van der Waals surface area contributed by atoms with Gasteiger partial charge in [-0.1, -0.05) is 39.0 Å². The average molecular weight is 415 g/mol. The first-order valence-electron chi connectivity index (χ1n) is 10.4. The number of nitrogens with one attached hydrogen (secondary N) is 3. The molecule has 29 heavy (non-hydrogen) atoms. The fourth-order valence-electron chi connectivity index (χ4n) is 3.63. The molecule has 5 nitrogen and oxygen atoms in total. The van der Waals surface area contributed by atoms with Crippen LogP contribution in [0.15, 0.2) is 41.8 Å². The van der Waals surface area contributed by atoms with Gasteiger partial charge < -0.3 is 15.5 Å². The molecule has 1 aliphatic rings. The van der Waals surface area contributed by atoms with Gasteiger partial charge in [0, 0.05) is 29.3 Å². The van der Waals surface area contributed by atoms with Gasteiger partial charge in [-0.15, -0.1) is 11.3 Å². The maximum absolute atomic E-state index is 12.5. The Morgan fingerprint density at radius 1 is 1.10 bits per heavy atom. The Labute approximate surface area is 177 Å². The van der Waals surface area contributed by atoms with Gasteiger partial charge in [0.25, 0.3) is 11.8 Å². The molecule has 1 aromatic carbocycles. The van der Waals surface area contributed by atoms with Gasteiger partial charge in [0.05, 0.1) is 19.6 Å². The minimum Gasteiger partial charge on any atom is -0.349 e. The third kappa shape index (κ3) is 6.41. The summed E-state index contributed by atoms with van der Waals surface area (Å²) in [6.07, 6.45) is 1.80. The van der Waals surface area contributed by atoms with Crippen molar-refractivity contribution >= 4 is 23.2 Å². The number of quaternary nitrogens is 1. The van der Waals surface area contributed by atoms with Crippen molar-refractivity contribution in [3.63, 3.8) is 0 Å². The molecule has 1 aromatic heterocycles. The molecule has 0 spiro atoms. The van der Waals surface area contributed by atoms with E-state index in [1.165, 1.54) is 15.3 Å². The number of benzene rings is 1. The number of piperidine rings is 1. The van der Waals surface area contributed by atoms with Crippen LogP contribution in [0.25, 0.3) is 0 Å². The molecule has 3 N–H and O–H groups in total. The van der Waals surface area contributed by atoms with Gasteiger partial charge in [0.15, 0.2) is 6.54 Å². The minimum atomic E-state index is -0.00685. The van der Waals surface area contributed by atoms with Crippen molar-refractivity contribution < 1.29 is 14.5 Å². The lowest BCUT2D eigenvalue weighted by atomic mass is 9.86. The molecule has 156 valence electrons. The fraction of sp³-hybridized carbons (Fsp3) is 0.478. The number of rotatable bonds is 6. The standard InChI is InChI=1S/C23H31N3O2S/c1-23(2,3)18-8-6-17(7-9-18)22(28)25-19-10-12-26(13-11-19)16-21(27)24-15-20-5-4-14-29-20/h4-9,14,19H,10-13,15-16H2,1-3H3,(H,24,27)(H,25,28)/p+1. The largest absolute Gasteiger partial charge is 0.349 e. The van der Waals surface area contributed by atoms with Gasteiger partial charge in [-0.2, -0.15) is 0 Å². The van der Waals surface area contributed by atoms with E-state index in [-0.39, 0.29) is 23.3 Å². The summed E-state index contributed by atoms with van der Waals surface area (Å²) in [6, 6.07) is 12.1. The number of thiophene rings is 1. The predicted molar refractivity (Wildman–Crippen MR) is 117 cm³/mol. The summed E-state index contributed by atoms with van der Waals surface area (Å²) in [7, 11) is 0. The van der Waals surface area contributed by atoms with Crippen LogP contribution in [0.3, 0.4) is 0 Å². The average Bonchev–Trinajstić information content (AvgIpc) is 3.21. The number of amides is 2. The van der Waals surface area contributed by atoms with Crippen molar-refractivity contribution in [2.24, 2.45) is 0 Å². The molecule has 0 aliphatic carbocycles. The molecule has 0 unspecified atom stereocenters. The molecule has 1 aliphatic heterocycles. The Morgan fingerprint density at radius 2 is 1.79 bits per heavy atom. The second-order valence-corrected chi connectivity index (χ2v) is 9.89. The number of hydrogen-bond acceptors (Lipinski definition) is 3. The van der Waals surface area contributed by atoms with Gasteiger partial charge in [0.1, 0.15) is 0 Å². The number of carbonyl (C=O) groups excluding carboxylic acids is 2. The molecule has 0 radical (unpaired) electrons. The maximum Gasteiger partial charge on any atom is 0.275 e. The van der Waals surface area contributed by atoms with Crippen molar-refractivity contribution in [3.05, 3.63) is 57.8 Å². The number of hydrogen-bond donors (Lipinski definition) is 3. The lowest BCUT2D eigenvalue weighted by Gasteiger charge is -2.29. The summed E-state index contributed by atoms with van der Waals surface area (Å²) in [6.45, 7) is 9.42. The van der Waals surface area contributed by atoms with Gasteiger partial charge in [-0.3, -0.25) is 9.59 Å². The van der Waals surface area contributed by atoms with Crippen LogP contribution < -0.4 is 15.5 Å². The highest BCUT2D eigenvalue weighted by atomic mass is 32.1. The van der Waals surface area contributed by atoms with Crippen LogP contribution in [-0.2, 0) is 16.8 Å². The molecular weight excluding hydrogens is 382 g/mol. The normalized spacial score (nSPS) is 19.6. The van der Waals surface area contributed by atoms with E-state index in [1.54, 1.807) is 11.3 Å². The zero-order valence-corrected chi connectivity index (χ0v) is 18.4. The summed E-state index contributed by atoms with van der Waals surface area (Å²) >= 11 is 1.66. The maximum atomic E-state index is 12.5. The van der Waals surface area contributed by atoms with Gasteiger partial charge in [-0.05, 0) is 34.6 Å². The topological polar surface area (TPSA) is 62.6 Å². The van der Waals surface area contributed by atoms with E-state index in [4.69, 9.17) is 0 Å². The highest BCUT2D eigenvalue weighted by molar-refractivity contribution is 7.09. The second-order valence-electron chi connectivity index (χ2n) is 8.86. The first-order valence-corrected chi connectivity index (χ1v) is 11.2. The molecule has 0 bridgehead atoms. The molecule has 1 saturated heterocycles. The summed E-state index contributed by atoms with van der Waals surface area (Å²) in [5, 5.41) is 8.17. The van der Waals surface area contributed by atoms with Crippen LogP contribution in [0.2, 0.25) is 0 Å². The van der Waals surface area contributed by atoms with Crippen molar-refractivity contribution in [1.82, 2.24) is 10.6 Å². The third-order valence-electron chi connectivity index (χ3n) is 5.49. The highest BCUT2D eigenvalue weighted by Gasteiger charge is 2.25. The second kappa shape index (κ2) is 9.55. The van der Waals surface area contributed by atoms with Crippen molar-refractivity contribution in [2.45, 2.75) is 51.6 Å². The van der Waals surface area contributed by atoms with E-state index >= 15 is 0 Å². The third-order valence-corrected chi connectivity index (χ3v) is 6.37. The lowest BCUT2D eigenvalue weighted by Crippen LogP contribution is -3.14. The minimum absolute atomic E-state index is 0.00685. The summed E-state index contributed by atoms with van der Waals surface area (Å²) in [5.41, 5.74) is 2.02. The molecule has 6 heteroatoms. The first kappa shape index (κ1) is 21.5. The summed E-state index contributed by atoms with van der Waals surface area (Å²) in [4.78, 5) is 27.2. The monoisotopic (exact) mass is 414 g/mol. The van der Waals surface area contributed by atoms with Crippen LogP contribution in [0.4, 0.5) is 0 Å². The van der Waals surface area contributed by atoms with E-state index in [2.05, 4.69) is 31.4 Å². The molecular formula is C23H32N3O2S+. The van der Waals surface area contributed by atoms with Crippen LogP contribution in [0.5, 0.6) is 0 Å². The van der Waals surface area contributed by atoms with Crippen LogP contribution in [0, 0.1) is 0 Å². The van der Waals surface area contributed by atoms with Gasteiger partial charge in [-0.25, -0.2) is 0 Å². The molecule has 2 aromatic rings. The van der Waals surface area contributed by atoms with Crippen LogP contribution in [-0.4, -0.2) is 37.5 Å². The predicted octanol–water partition coefficient (Wildman–Crippen LogP) is 2.14. The van der Waals surface area contributed by atoms with Crippen molar-refractivity contribution in [3.8, 4) is 0 Å². The van der Waals surface area contributed by atoms with E-state index in [1.807, 2.05) is 41.8 Å². The van der Waals surface area contributed by atoms with E-state index < -0.39 is 0 Å². The van der Waals surface area contributed by atoms with Crippen molar-refractivity contribution in [1.29, 1.82) is 0 Å². The van der Waals surface area contributed by atoms with E-state index in [0.29, 0.717) is 18.7 Å². The molecule has 1 fully saturated rings. The Hall–Kier alpha value is -2.18. The van der Waals surface area contributed by atoms with Gasteiger partial charge >= 0.3 is 0 Å². The van der Waals surface area contributed by atoms with Crippen LogP contribution >= 0.6 is 11.3 Å². The SMILES string of the molecule is CC(C)(C)c1ccc(C(=O)NC2CC[NH+](CC(=O)NCc3cccs3)CC2)cc1. The van der Waals surface area contributed by atoms with E-state index in [9.17, 15) is 9.59 Å². The molecule has 0 atom stereocenters. The zero-order valence-electron chi connectivity index (χ0n) is 17.6. The zero-order chi connectivity index (χ0) is 20.9. The smallest absolute Gasteiger partial charge is 0.275 e. The molecule has 0 saturated carbocycles. The highest BCUT2D eigenvalue weighted by Crippen LogP contribution is 2.22. The Kier molecular flexibility index (Phi) is 7.09. The Balaban J connectivity index is 1.40. The summed E-state index contributed by atoms with van der Waals surface area (Å²) in [5.74, 6) is 0.0856. The fourth-order valence-corrected chi connectivity index (χ4v) is 4.27. The quantitative estimate of drug-likeness (QED) is 0.678. The lowest BCUT2D eigenvalue weighted by molar-refractivity contribution is -0.897. The number of likely N-dealkylation sites (tertiary alicyclic amines) is 1. The molecule has 2 amide bonds.